The third kappa shape index (κ3) is 4.13. The highest BCUT2D eigenvalue weighted by molar-refractivity contribution is 5.95. The highest BCUT2D eigenvalue weighted by Gasteiger charge is 2.24. The molecule has 1 aliphatic rings. The van der Waals surface area contributed by atoms with E-state index in [0.29, 0.717) is 37.7 Å². The van der Waals surface area contributed by atoms with Crippen molar-refractivity contribution < 1.29 is 4.79 Å². The zero-order valence-electron chi connectivity index (χ0n) is 16.8. The lowest BCUT2D eigenvalue weighted by Crippen LogP contribution is -2.49. The molecule has 0 radical (unpaired) electrons. The van der Waals surface area contributed by atoms with Crippen LogP contribution in [0.1, 0.15) is 10.5 Å². The molecule has 5 rings (SSSR count). The molecule has 1 aromatic carbocycles. The fourth-order valence-electron chi connectivity index (χ4n) is 3.61. The lowest BCUT2D eigenvalue weighted by molar-refractivity contribution is 0.0741. The number of aromatic nitrogens is 4. The van der Waals surface area contributed by atoms with Gasteiger partial charge in [-0.3, -0.25) is 4.79 Å². The molecule has 1 N–H and O–H groups in total. The highest BCUT2D eigenvalue weighted by atomic mass is 16.2. The average Bonchev–Trinajstić information content (AvgIpc) is 2.84. The molecule has 0 spiro atoms. The Morgan fingerprint density at radius 1 is 0.806 bits per heavy atom. The minimum absolute atomic E-state index is 0.0357. The van der Waals surface area contributed by atoms with Gasteiger partial charge in [0.1, 0.15) is 11.5 Å². The van der Waals surface area contributed by atoms with E-state index >= 15 is 0 Å². The normalized spacial score (nSPS) is 13.9. The number of fused-ring (bicyclic) bond motifs is 1. The number of rotatable bonds is 4. The van der Waals surface area contributed by atoms with E-state index in [1.54, 1.807) is 12.3 Å². The third-order valence-corrected chi connectivity index (χ3v) is 5.28. The molecular weight excluding hydrogens is 390 g/mol. The number of anilines is 3. The first kappa shape index (κ1) is 18.9. The van der Waals surface area contributed by atoms with Gasteiger partial charge in [-0.2, -0.15) is 0 Å². The van der Waals surface area contributed by atoms with Gasteiger partial charge in [0.05, 0.1) is 5.52 Å². The zero-order chi connectivity index (χ0) is 21.0. The second kappa shape index (κ2) is 8.35. The Balaban J connectivity index is 1.21. The number of benzene rings is 1. The Morgan fingerprint density at radius 2 is 1.65 bits per heavy atom. The molecule has 0 bridgehead atoms. The Kier molecular flexibility index (Phi) is 5.10. The van der Waals surface area contributed by atoms with Crippen molar-refractivity contribution in [3.63, 3.8) is 0 Å². The van der Waals surface area contributed by atoms with E-state index in [4.69, 9.17) is 0 Å². The van der Waals surface area contributed by atoms with Gasteiger partial charge in [-0.15, -0.1) is 10.2 Å². The number of para-hydroxylation sites is 1. The van der Waals surface area contributed by atoms with Crippen molar-refractivity contribution in [1.82, 2.24) is 25.1 Å². The summed E-state index contributed by atoms with van der Waals surface area (Å²) in [4.78, 5) is 25.6. The van der Waals surface area contributed by atoms with Gasteiger partial charge in [0.25, 0.3) is 5.91 Å². The fraction of sp³-hybridized carbons (Fsp3) is 0.174. The molecule has 0 atom stereocenters. The first-order valence-electron chi connectivity index (χ1n) is 10.2. The summed E-state index contributed by atoms with van der Waals surface area (Å²) in [5.41, 5.74) is 1.32. The maximum Gasteiger partial charge on any atom is 0.272 e. The fourth-order valence-corrected chi connectivity index (χ4v) is 3.61. The van der Waals surface area contributed by atoms with Crippen LogP contribution in [0.5, 0.6) is 0 Å². The summed E-state index contributed by atoms with van der Waals surface area (Å²) in [5, 5.41) is 12.7. The quantitative estimate of drug-likeness (QED) is 0.552. The predicted molar refractivity (Wildman–Crippen MR) is 119 cm³/mol. The van der Waals surface area contributed by atoms with Crippen molar-refractivity contribution in [3.8, 4) is 0 Å². The summed E-state index contributed by atoms with van der Waals surface area (Å²) in [6.07, 6.45) is 1.72. The van der Waals surface area contributed by atoms with Crippen LogP contribution >= 0.6 is 0 Å². The van der Waals surface area contributed by atoms with Crippen LogP contribution in [-0.2, 0) is 0 Å². The van der Waals surface area contributed by atoms with Gasteiger partial charge in [-0.1, -0.05) is 30.3 Å². The summed E-state index contributed by atoms with van der Waals surface area (Å²) in [6, 6.07) is 21.0. The Morgan fingerprint density at radius 3 is 2.42 bits per heavy atom. The number of carbonyl (C=O) groups is 1. The Labute approximate surface area is 179 Å². The molecule has 154 valence electrons. The minimum atomic E-state index is -0.0357. The van der Waals surface area contributed by atoms with Gasteiger partial charge in [-0.25, -0.2) is 9.97 Å². The monoisotopic (exact) mass is 411 g/mol. The molecule has 0 aliphatic carbocycles. The van der Waals surface area contributed by atoms with Crippen LogP contribution in [0.15, 0.2) is 72.9 Å². The van der Waals surface area contributed by atoms with E-state index in [0.717, 1.165) is 22.5 Å². The van der Waals surface area contributed by atoms with Gasteiger partial charge >= 0.3 is 0 Å². The molecule has 1 fully saturated rings. The van der Waals surface area contributed by atoms with Crippen molar-refractivity contribution in [2.24, 2.45) is 0 Å². The number of nitrogens with one attached hydrogen (secondary N) is 1. The smallest absolute Gasteiger partial charge is 0.272 e. The molecule has 4 heterocycles. The maximum absolute atomic E-state index is 12.9. The van der Waals surface area contributed by atoms with Crippen LogP contribution in [0.3, 0.4) is 0 Å². The van der Waals surface area contributed by atoms with Crippen LogP contribution < -0.4 is 10.2 Å². The molecule has 0 saturated carbocycles. The SMILES string of the molecule is O=C(c1ccc2ccccc2n1)N1CCN(c2ccc(Nc3ccccn3)nn2)CC1. The van der Waals surface area contributed by atoms with Crippen molar-refractivity contribution in [1.29, 1.82) is 0 Å². The lowest BCUT2D eigenvalue weighted by atomic mass is 10.2. The number of hydrogen-bond donors (Lipinski definition) is 1. The number of carbonyl (C=O) groups excluding carboxylic acids is 1. The summed E-state index contributed by atoms with van der Waals surface area (Å²) < 4.78 is 0. The molecule has 3 aromatic heterocycles. The number of amides is 1. The van der Waals surface area contributed by atoms with E-state index in [1.165, 1.54) is 0 Å². The average molecular weight is 411 g/mol. The largest absolute Gasteiger partial charge is 0.352 e. The van der Waals surface area contributed by atoms with E-state index < -0.39 is 0 Å². The van der Waals surface area contributed by atoms with Crippen LogP contribution in [-0.4, -0.2) is 57.2 Å². The van der Waals surface area contributed by atoms with Gasteiger partial charge in [-0.05, 0) is 36.4 Å². The van der Waals surface area contributed by atoms with Gasteiger partial charge in [0, 0.05) is 37.8 Å². The summed E-state index contributed by atoms with van der Waals surface area (Å²) in [6.45, 7) is 2.62. The number of hydrogen-bond acceptors (Lipinski definition) is 7. The molecule has 1 aliphatic heterocycles. The van der Waals surface area contributed by atoms with E-state index in [9.17, 15) is 4.79 Å². The molecule has 1 saturated heterocycles. The maximum atomic E-state index is 12.9. The van der Waals surface area contributed by atoms with Gasteiger partial charge in [0.15, 0.2) is 11.6 Å². The minimum Gasteiger partial charge on any atom is -0.352 e. The van der Waals surface area contributed by atoms with Gasteiger partial charge in [0.2, 0.25) is 0 Å². The summed E-state index contributed by atoms with van der Waals surface area (Å²) in [5.74, 6) is 2.12. The lowest BCUT2D eigenvalue weighted by Gasteiger charge is -2.35. The van der Waals surface area contributed by atoms with Crippen LogP contribution in [0.2, 0.25) is 0 Å². The first-order chi connectivity index (χ1) is 15.3. The topological polar surface area (TPSA) is 87.1 Å². The number of piperazine rings is 1. The molecular formula is C23H21N7O. The highest BCUT2D eigenvalue weighted by Crippen LogP contribution is 2.18. The molecule has 31 heavy (non-hydrogen) atoms. The number of nitrogens with zero attached hydrogens (tertiary/aromatic N) is 6. The second-order valence-corrected chi connectivity index (χ2v) is 7.29. The van der Waals surface area contributed by atoms with Crippen LogP contribution in [0.4, 0.5) is 17.5 Å². The van der Waals surface area contributed by atoms with Crippen molar-refractivity contribution in [3.05, 3.63) is 78.6 Å². The summed E-state index contributed by atoms with van der Waals surface area (Å²) in [7, 11) is 0. The third-order valence-electron chi connectivity index (χ3n) is 5.28. The van der Waals surface area contributed by atoms with Crippen LogP contribution in [0, 0.1) is 0 Å². The van der Waals surface area contributed by atoms with E-state index in [-0.39, 0.29) is 5.91 Å². The summed E-state index contributed by atoms with van der Waals surface area (Å²) >= 11 is 0. The van der Waals surface area contributed by atoms with E-state index in [2.05, 4.69) is 30.4 Å². The van der Waals surface area contributed by atoms with E-state index in [1.807, 2.05) is 65.6 Å². The molecule has 0 unspecified atom stereocenters. The molecule has 8 heteroatoms. The molecule has 1 amide bonds. The second-order valence-electron chi connectivity index (χ2n) is 7.29. The van der Waals surface area contributed by atoms with Crippen LogP contribution in [0.25, 0.3) is 10.9 Å². The van der Waals surface area contributed by atoms with Gasteiger partial charge < -0.3 is 15.1 Å². The van der Waals surface area contributed by atoms with Crippen molar-refractivity contribution >= 4 is 34.3 Å². The predicted octanol–water partition coefficient (Wildman–Crippen LogP) is 3.13. The zero-order valence-corrected chi connectivity index (χ0v) is 16.8. The number of pyridine rings is 2. The Hall–Kier alpha value is -4.07. The molecule has 8 nitrogen and oxygen atoms in total. The first-order valence-corrected chi connectivity index (χ1v) is 10.2. The molecule has 4 aromatic rings. The Bertz CT molecular complexity index is 1190. The standard InChI is InChI=1S/C23H21N7O/c31-23(19-9-8-17-5-1-2-6-18(17)25-19)30-15-13-29(14-16-30)22-11-10-21(27-28-22)26-20-7-3-4-12-24-20/h1-12H,13-16H2,(H,24,26,27). The van der Waals surface area contributed by atoms with Crippen molar-refractivity contribution in [2.45, 2.75) is 0 Å². The van der Waals surface area contributed by atoms with Crippen molar-refractivity contribution in [2.75, 3.05) is 36.4 Å².